The highest BCUT2D eigenvalue weighted by Gasteiger charge is 2.23. The predicted molar refractivity (Wildman–Crippen MR) is 79.2 cm³/mol. The zero-order chi connectivity index (χ0) is 13.4. The Kier molecular flexibility index (Phi) is 2.92. The number of hydrogen-bond donors (Lipinski definition) is 1. The third-order valence-corrected chi connectivity index (χ3v) is 3.80. The molecular weight excluding hydrogens is 252 g/mol. The predicted octanol–water partition coefficient (Wildman–Crippen LogP) is 2.04. The fraction of sp³-hybridized carbons (Fsp3) is 0.467. The highest BCUT2D eigenvalue weighted by atomic mass is 16.5. The molecule has 5 nitrogen and oxygen atoms in total. The average molecular weight is 270 g/mol. The van der Waals surface area contributed by atoms with Crippen LogP contribution in [0.1, 0.15) is 12.8 Å². The van der Waals surface area contributed by atoms with Crippen LogP contribution >= 0.6 is 0 Å². The maximum Gasteiger partial charge on any atom is 0.228 e. The molecule has 1 aliphatic heterocycles. The molecule has 2 aromatic rings. The van der Waals surface area contributed by atoms with E-state index >= 15 is 0 Å². The number of fused-ring (bicyclic) bond motifs is 1. The first-order valence-corrected chi connectivity index (χ1v) is 7.26. The largest absolute Gasteiger partial charge is 0.378 e. The van der Waals surface area contributed by atoms with Crippen LogP contribution in [0.3, 0.4) is 0 Å². The van der Waals surface area contributed by atoms with E-state index in [-0.39, 0.29) is 0 Å². The number of para-hydroxylation sites is 1. The summed E-state index contributed by atoms with van der Waals surface area (Å²) in [6, 6.07) is 8.80. The van der Waals surface area contributed by atoms with Gasteiger partial charge in [-0.15, -0.1) is 0 Å². The Morgan fingerprint density at radius 3 is 2.70 bits per heavy atom. The Morgan fingerprint density at radius 2 is 1.90 bits per heavy atom. The van der Waals surface area contributed by atoms with E-state index < -0.39 is 0 Å². The lowest BCUT2D eigenvalue weighted by Crippen LogP contribution is -2.37. The molecule has 0 radical (unpaired) electrons. The van der Waals surface area contributed by atoms with Crippen LogP contribution in [0.15, 0.2) is 24.3 Å². The Bertz CT molecular complexity index is 620. The maximum atomic E-state index is 5.40. The molecule has 1 aromatic heterocycles. The molecule has 2 aliphatic rings. The molecule has 0 bridgehead atoms. The van der Waals surface area contributed by atoms with Gasteiger partial charge in [0, 0.05) is 24.5 Å². The molecule has 0 amide bonds. The topological polar surface area (TPSA) is 50.3 Å². The molecule has 2 heterocycles. The van der Waals surface area contributed by atoms with Crippen molar-refractivity contribution >= 4 is 22.7 Å². The van der Waals surface area contributed by atoms with Crippen molar-refractivity contribution in [3.05, 3.63) is 24.3 Å². The number of nitrogens with one attached hydrogen (secondary N) is 1. The van der Waals surface area contributed by atoms with Gasteiger partial charge in [-0.2, -0.15) is 4.98 Å². The van der Waals surface area contributed by atoms with E-state index in [1.165, 1.54) is 12.8 Å². The molecule has 0 atom stereocenters. The minimum atomic E-state index is 0.589. The highest BCUT2D eigenvalue weighted by molar-refractivity contribution is 5.90. The van der Waals surface area contributed by atoms with E-state index in [0.29, 0.717) is 6.04 Å². The first kappa shape index (κ1) is 11.9. The smallest absolute Gasteiger partial charge is 0.228 e. The van der Waals surface area contributed by atoms with Gasteiger partial charge < -0.3 is 15.0 Å². The molecule has 1 saturated heterocycles. The number of benzene rings is 1. The number of anilines is 2. The maximum absolute atomic E-state index is 5.40. The number of ether oxygens (including phenoxy) is 1. The number of nitrogens with zero attached hydrogens (tertiary/aromatic N) is 3. The van der Waals surface area contributed by atoms with E-state index in [4.69, 9.17) is 14.7 Å². The summed E-state index contributed by atoms with van der Waals surface area (Å²) in [5.74, 6) is 1.79. The third-order valence-electron chi connectivity index (χ3n) is 3.80. The van der Waals surface area contributed by atoms with Crippen molar-refractivity contribution in [2.75, 3.05) is 36.5 Å². The van der Waals surface area contributed by atoms with Crippen molar-refractivity contribution in [2.24, 2.45) is 0 Å². The van der Waals surface area contributed by atoms with Gasteiger partial charge in [0.05, 0.1) is 18.7 Å². The molecule has 104 valence electrons. The fourth-order valence-corrected chi connectivity index (χ4v) is 2.50. The second-order valence-corrected chi connectivity index (χ2v) is 5.41. The average Bonchev–Trinajstić information content (AvgIpc) is 3.32. The Labute approximate surface area is 118 Å². The molecule has 1 aromatic carbocycles. The molecular formula is C15H18N4O. The van der Waals surface area contributed by atoms with Crippen LogP contribution in [-0.4, -0.2) is 42.3 Å². The monoisotopic (exact) mass is 270 g/mol. The van der Waals surface area contributed by atoms with Crippen molar-refractivity contribution < 1.29 is 4.74 Å². The van der Waals surface area contributed by atoms with Crippen molar-refractivity contribution in [3.8, 4) is 0 Å². The lowest BCUT2D eigenvalue weighted by Gasteiger charge is -2.27. The zero-order valence-corrected chi connectivity index (χ0v) is 11.4. The van der Waals surface area contributed by atoms with E-state index in [1.807, 2.05) is 12.1 Å². The number of morpholine rings is 1. The molecule has 2 fully saturated rings. The molecule has 1 aliphatic carbocycles. The van der Waals surface area contributed by atoms with Gasteiger partial charge in [0.2, 0.25) is 5.95 Å². The number of rotatable bonds is 3. The van der Waals surface area contributed by atoms with Crippen LogP contribution in [0, 0.1) is 0 Å². The van der Waals surface area contributed by atoms with Gasteiger partial charge in [0.25, 0.3) is 0 Å². The second-order valence-electron chi connectivity index (χ2n) is 5.41. The van der Waals surface area contributed by atoms with Crippen LogP contribution in [0.4, 0.5) is 11.8 Å². The summed E-state index contributed by atoms with van der Waals surface area (Å²) >= 11 is 0. The van der Waals surface area contributed by atoms with Crippen LogP contribution in [0.2, 0.25) is 0 Å². The second kappa shape index (κ2) is 4.90. The van der Waals surface area contributed by atoms with E-state index in [0.717, 1.165) is 49.0 Å². The Morgan fingerprint density at radius 1 is 1.10 bits per heavy atom. The van der Waals surface area contributed by atoms with Crippen molar-refractivity contribution in [2.45, 2.75) is 18.9 Å². The van der Waals surface area contributed by atoms with Gasteiger partial charge >= 0.3 is 0 Å². The van der Waals surface area contributed by atoms with Gasteiger partial charge in [-0.25, -0.2) is 4.98 Å². The fourth-order valence-electron chi connectivity index (χ4n) is 2.50. The molecule has 0 spiro atoms. The van der Waals surface area contributed by atoms with Gasteiger partial charge in [-0.1, -0.05) is 12.1 Å². The minimum Gasteiger partial charge on any atom is -0.378 e. The van der Waals surface area contributed by atoms with Crippen molar-refractivity contribution in [1.82, 2.24) is 9.97 Å². The third kappa shape index (κ3) is 2.29. The lowest BCUT2D eigenvalue weighted by atomic mass is 10.2. The first-order valence-electron chi connectivity index (χ1n) is 7.26. The minimum absolute atomic E-state index is 0.589. The summed E-state index contributed by atoms with van der Waals surface area (Å²) in [5.41, 5.74) is 1.01. The summed E-state index contributed by atoms with van der Waals surface area (Å²) in [4.78, 5) is 11.7. The molecule has 1 N–H and O–H groups in total. The molecule has 20 heavy (non-hydrogen) atoms. The van der Waals surface area contributed by atoms with E-state index in [9.17, 15) is 0 Å². The SMILES string of the molecule is c1ccc2c(NC3CC3)nc(N3CCOCC3)nc2c1. The summed E-state index contributed by atoms with van der Waals surface area (Å²) in [5, 5.41) is 4.64. The lowest BCUT2D eigenvalue weighted by molar-refractivity contribution is 0.122. The highest BCUT2D eigenvalue weighted by Crippen LogP contribution is 2.29. The number of hydrogen-bond acceptors (Lipinski definition) is 5. The molecule has 5 heteroatoms. The van der Waals surface area contributed by atoms with Crippen LogP contribution in [-0.2, 0) is 4.74 Å². The number of aromatic nitrogens is 2. The van der Waals surface area contributed by atoms with Gasteiger partial charge in [0.1, 0.15) is 5.82 Å². The molecule has 1 saturated carbocycles. The standard InChI is InChI=1S/C15H18N4O/c1-2-4-13-12(3-1)14(16-11-5-6-11)18-15(17-13)19-7-9-20-10-8-19/h1-4,11H,5-10H2,(H,16,17,18). The summed E-state index contributed by atoms with van der Waals surface area (Å²) in [6.07, 6.45) is 2.48. The van der Waals surface area contributed by atoms with Crippen LogP contribution in [0.5, 0.6) is 0 Å². The van der Waals surface area contributed by atoms with E-state index in [2.05, 4.69) is 22.3 Å². The van der Waals surface area contributed by atoms with Gasteiger partial charge in [0.15, 0.2) is 0 Å². The quantitative estimate of drug-likeness (QED) is 0.925. The van der Waals surface area contributed by atoms with Crippen molar-refractivity contribution in [1.29, 1.82) is 0 Å². The van der Waals surface area contributed by atoms with Gasteiger partial charge in [-0.05, 0) is 25.0 Å². The van der Waals surface area contributed by atoms with Crippen LogP contribution < -0.4 is 10.2 Å². The summed E-state index contributed by atoms with van der Waals surface area (Å²) < 4.78 is 5.40. The van der Waals surface area contributed by atoms with Crippen molar-refractivity contribution in [3.63, 3.8) is 0 Å². The summed E-state index contributed by atoms with van der Waals surface area (Å²) in [6.45, 7) is 3.23. The molecule has 0 unspecified atom stereocenters. The first-order chi connectivity index (χ1) is 9.90. The van der Waals surface area contributed by atoms with E-state index in [1.54, 1.807) is 0 Å². The van der Waals surface area contributed by atoms with Crippen LogP contribution in [0.25, 0.3) is 10.9 Å². The molecule has 4 rings (SSSR count). The Balaban J connectivity index is 1.76. The normalized spacial score (nSPS) is 19.3. The van der Waals surface area contributed by atoms with Gasteiger partial charge in [-0.3, -0.25) is 0 Å². The zero-order valence-electron chi connectivity index (χ0n) is 11.4. The summed E-state index contributed by atoms with van der Waals surface area (Å²) in [7, 11) is 0. The Hall–Kier alpha value is -1.88.